The molecule has 34 heavy (non-hydrogen) atoms. The van der Waals surface area contributed by atoms with E-state index in [0.717, 1.165) is 18.2 Å². The minimum absolute atomic E-state index is 0.0303. The van der Waals surface area contributed by atoms with Crippen LogP contribution in [0.3, 0.4) is 0 Å². The summed E-state index contributed by atoms with van der Waals surface area (Å²) in [4.78, 5) is 25.9. The summed E-state index contributed by atoms with van der Waals surface area (Å²) in [6.07, 6.45) is -10.3. The number of phenolic OH excluding ortho intramolecular Hbond substituents is 5. The molecule has 0 aliphatic carbocycles. The van der Waals surface area contributed by atoms with E-state index < -0.39 is 87.2 Å². The minimum Gasteiger partial charge on any atom is -0.504 e. The average molecular weight is 478 g/mol. The Labute approximate surface area is 188 Å². The molecule has 2 heterocycles. The Kier molecular flexibility index (Phi) is 5.59. The Morgan fingerprint density at radius 2 is 1.47 bits per heavy atom. The maximum absolute atomic E-state index is 13.2. The SMILES string of the molecule is O=C(c1c(O)c(O)c(O)c2c(=O)cc(-c3ccc(O)c(O)c3)oc12)C1OC(O)C(O)C(O)C1O. The largest absolute Gasteiger partial charge is 0.504 e. The van der Waals surface area contributed by atoms with E-state index in [9.17, 15) is 55.5 Å². The molecule has 0 spiro atoms. The van der Waals surface area contributed by atoms with E-state index in [2.05, 4.69) is 0 Å². The second kappa shape index (κ2) is 8.16. The van der Waals surface area contributed by atoms with E-state index in [-0.39, 0.29) is 11.3 Å². The number of aliphatic hydroxyl groups is 4. The van der Waals surface area contributed by atoms with Crippen molar-refractivity contribution in [1.82, 2.24) is 0 Å². The number of phenols is 5. The fourth-order valence-electron chi connectivity index (χ4n) is 3.62. The van der Waals surface area contributed by atoms with Gasteiger partial charge >= 0.3 is 0 Å². The molecule has 3 aromatic rings. The van der Waals surface area contributed by atoms with Gasteiger partial charge in [0.15, 0.2) is 46.4 Å². The van der Waals surface area contributed by atoms with Crippen molar-refractivity contribution in [2.75, 3.05) is 0 Å². The number of hydrogen-bond acceptors (Lipinski definition) is 13. The molecule has 5 atom stereocenters. The van der Waals surface area contributed by atoms with Gasteiger partial charge in [-0.3, -0.25) is 9.59 Å². The van der Waals surface area contributed by atoms with Crippen LogP contribution in [0.2, 0.25) is 0 Å². The van der Waals surface area contributed by atoms with Gasteiger partial charge < -0.3 is 55.1 Å². The van der Waals surface area contributed by atoms with Gasteiger partial charge in [-0.05, 0) is 18.2 Å². The van der Waals surface area contributed by atoms with Gasteiger partial charge in [-0.1, -0.05) is 0 Å². The first-order valence-corrected chi connectivity index (χ1v) is 9.63. The van der Waals surface area contributed by atoms with Crippen LogP contribution in [0, 0.1) is 0 Å². The summed E-state index contributed by atoms with van der Waals surface area (Å²) in [5, 5.41) is 88.6. The number of carbonyl (C=O) groups excluding carboxylic acids is 1. The second-order valence-corrected chi connectivity index (χ2v) is 7.59. The van der Waals surface area contributed by atoms with Crippen LogP contribution in [0.1, 0.15) is 10.4 Å². The van der Waals surface area contributed by atoms with Crippen LogP contribution in [-0.2, 0) is 4.74 Å². The van der Waals surface area contributed by atoms with Crippen LogP contribution in [0.4, 0.5) is 0 Å². The number of carbonyl (C=O) groups is 1. The van der Waals surface area contributed by atoms with Crippen LogP contribution in [-0.4, -0.2) is 82.4 Å². The first-order valence-electron chi connectivity index (χ1n) is 9.63. The highest BCUT2D eigenvalue weighted by Gasteiger charge is 2.47. The molecule has 13 heteroatoms. The molecule has 0 amide bonds. The molecule has 1 aliphatic rings. The van der Waals surface area contributed by atoms with E-state index in [0.29, 0.717) is 0 Å². The van der Waals surface area contributed by atoms with E-state index in [1.807, 2.05) is 0 Å². The zero-order valence-electron chi connectivity index (χ0n) is 16.9. The first kappa shape index (κ1) is 23.3. The van der Waals surface area contributed by atoms with Crippen molar-refractivity contribution in [3.63, 3.8) is 0 Å². The first-order chi connectivity index (χ1) is 15.9. The number of hydrogen-bond donors (Lipinski definition) is 9. The molecule has 0 radical (unpaired) electrons. The molecular weight excluding hydrogens is 460 g/mol. The third kappa shape index (κ3) is 3.48. The summed E-state index contributed by atoms with van der Waals surface area (Å²) in [6.45, 7) is 0. The number of fused-ring (bicyclic) bond motifs is 1. The molecular formula is C21H18O13. The summed E-state index contributed by atoms with van der Waals surface area (Å²) in [6, 6.07) is 4.17. The molecule has 1 fully saturated rings. The molecule has 9 N–H and O–H groups in total. The van der Waals surface area contributed by atoms with Crippen molar-refractivity contribution in [3.8, 4) is 40.1 Å². The normalized spacial score (nSPS) is 24.9. The molecule has 0 bridgehead atoms. The quantitative estimate of drug-likeness (QED) is 0.162. The van der Waals surface area contributed by atoms with Gasteiger partial charge in [0, 0.05) is 11.6 Å². The topological polar surface area (TPSA) is 239 Å². The monoisotopic (exact) mass is 478 g/mol. The summed E-state index contributed by atoms with van der Waals surface area (Å²) in [5.41, 5.74) is -2.68. The Balaban J connectivity index is 1.97. The molecule has 0 saturated carbocycles. The van der Waals surface area contributed by atoms with Gasteiger partial charge in [-0.2, -0.15) is 0 Å². The van der Waals surface area contributed by atoms with Gasteiger partial charge in [0.1, 0.15) is 35.0 Å². The predicted molar refractivity (Wildman–Crippen MR) is 109 cm³/mol. The summed E-state index contributed by atoms with van der Waals surface area (Å²) < 4.78 is 10.4. The molecule has 2 aromatic carbocycles. The van der Waals surface area contributed by atoms with Crippen LogP contribution in [0.15, 0.2) is 33.5 Å². The van der Waals surface area contributed by atoms with Gasteiger partial charge in [0.05, 0.1) is 0 Å². The molecule has 1 saturated heterocycles. The molecule has 4 rings (SSSR count). The minimum atomic E-state index is -2.12. The lowest BCUT2D eigenvalue weighted by molar-refractivity contribution is -0.269. The number of ether oxygens (including phenoxy) is 1. The van der Waals surface area contributed by atoms with Crippen molar-refractivity contribution < 1.29 is 59.9 Å². The zero-order valence-corrected chi connectivity index (χ0v) is 16.9. The Morgan fingerprint density at radius 1 is 0.794 bits per heavy atom. The average Bonchev–Trinajstić information content (AvgIpc) is 2.79. The molecule has 1 aliphatic heterocycles. The smallest absolute Gasteiger partial charge is 0.202 e. The fraction of sp³-hybridized carbons (Fsp3) is 0.238. The summed E-state index contributed by atoms with van der Waals surface area (Å²) in [5.74, 6) is -6.41. The Morgan fingerprint density at radius 3 is 2.12 bits per heavy atom. The summed E-state index contributed by atoms with van der Waals surface area (Å²) >= 11 is 0. The van der Waals surface area contributed by atoms with E-state index >= 15 is 0 Å². The lowest BCUT2D eigenvalue weighted by Gasteiger charge is -2.37. The highest BCUT2D eigenvalue weighted by Crippen LogP contribution is 2.45. The Hall–Kier alpha value is -3.88. The van der Waals surface area contributed by atoms with Crippen molar-refractivity contribution in [3.05, 3.63) is 40.1 Å². The third-order valence-corrected chi connectivity index (χ3v) is 5.45. The van der Waals surface area contributed by atoms with Crippen molar-refractivity contribution in [1.29, 1.82) is 0 Å². The molecule has 5 unspecified atom stereocenters. The molecule has 1 aromatic heterocycles. The number of ketones is 1. The van der Waals surface area contributed by atoms with Gasteiger partial charge in [-0.15, -0.1) is 0 Å². The van der Waals surface area contributed by atoms with Crippen LogP contribution in [0.5, 0.6) is 28.7 Å². The standard InChI is InChI=1S/C21H18O13/c22-6-2-1-5(3-7(6)23)9-4-8(24)10-12(25)15(28)13(26)11(19(10)33-9)14(27)20-17(30)16(29)18(31)21(32)34-20/h1-4,16-18,20-23,25-26,28-32H. The van der Waals surface area contributed by atoms with E-state index in [1.165, 1.54) is 6.07 Å². The highest BCUT2D eigenvalue weighted by atomic mass is 16.6. The van der Waals surface area contributed by atoms with Crippen molar-refractivity contribution in [2.45, 2.75) is 30.7 Å². The summed E-state index contributed by atoms with van der Waals surface area (Å²) in [7, 11) is 0. The highest BCUT2D eigenvalue weighted by molar-refractivity contribution is 6.13. The maximum atomic E-state index is 13.2. The van der Waals surface area contributed by atoms with E-state index in [4.69, 9.17) is 9.15 Å². The maximum Gasteiger partial charge on any atom is 0.202 e. The van der Waals surface area contributed by atoms with Crippen molar-refractivity contribution >= 4 is 16.8 Å². The van der Waals surface area contributed by atoms with Crippen LogP contribution >= 0.6 is 0 Å². The predicted octanol–water partition coefficient (Wildman–Crippen LogP) is -1.03. The zero-order chi connectivity index (χ0) is 25.1. The lowest BCUT2D eigenvalue weighted by Crippen LogP contribution is -2.59. The third-order valence-electron chi connectivity index (χ3n) is 5.45. The van der Waals surface area contributed by atoms with Crippen LogP contribution < -0.4 is 5.43 Å². The van der Waals surface area contributed by atoms with Crippen LogP contribution in [0.25, 0.3) is 22.3 Å². The number of Topliss-reactive ketones (excluding diaryl/α,β-unsaturated/α-hetero) is 1. The number of aromatic hydroxyl groups is 5. The van der Waals surface area contributed by atoms with Gasteiger partial charge in [-0.25, -0.2) is 0 Å². The second-order valence-electron chi connectivity index (χ2n) is 7.59. The number of rotatable bonds is 3. The van der Waals surface area contributed by atoms with Gasteiger partial charge in [0.25, 0.3) is 0 Å². The number of aliphatic hydroxyl groups excluding tert-OH is 4. The van der Waals surface area contributed by atoms with Gasteiger partial charge in [0.2, 0.25) is 11.5 Å². The van der Waals surface area contributed by atoms with E-state index in [1.54, 1.807) is 0 Å². The molecule has 180 valence electrons. The lowest BCUT2D eigenvalue weighted by atomic mass is 9.91. The fourth-order valence-corrected chi connectivity index (χ4v) is 3.62. The molecule has 13 nitrogen and oxygen atoms in total. The van der Waals surface area contributed by atoms with Crippen molar-refractivity contribution in [2.24, 2.45) is 0 Å². The number of benzene rings is 2. The Bertz CT molecular complexity index is 1360.